The van der Waals surface area contributed by atoms with Gasteiger partial charge in [0.15, 0.2) is 0 Å². The summed E-state index contributed by atoms with van der Waals surface area (Å²) in [4.78, 5) is 4.26. The van der Waals surface area contributed by atoms with E-state index in [4.69, 9.17) is 5.11 Å². The standard InChI is InChI=1S/C14H15BrN2O3S/c1-10-2-3-12(7-16-10)8-17-21(19,20)14-5-4-11(9-18)6-13(14)15/h2-7,17-18H,8-9H2,1H3. The molecule has 2 rings (SSSR count). The summed E-state index contributed by atoms with van der Waals surface area (Å²) in [7, 11) is -3.63. The van der Waals surface area contributed by atoms with Gasteiger partial charge in [0.05, 0.1) is 11.5 Å². The van der Waals surface area contributed by atoms with Gasteiger partial charge in [0.25, 0.3) is 0 Å². The van der Waals surface area contributed by atoms with Crippen LogP contribution in [0.15, 0.2) is 45.9 Å². The van der Waals surface area contributed by atoms with Crippen molar-refractivity contribution in [2.75, 3.05) is 0 Å². The molecule has 1 aromatic heterocycles. The van der Waals surface area contributed by atoms with Crippen LogP contribution in [-0.4, -0.2) is 18.5 Å². The number of aliphatic hydroxyl groups is 1. The van der Waals surface area contributed by atoms with Gasteiger partial charge in [-0.2, -0.15) is 0 Å². The Morgan fingerprint density at radius 3 is 2.52 bits per heavy atom. The fraction of sp³-hybridized carbons (Fsp3) is 0.214. The van der Waals surface area contributed by atoms with Crippen molar-refractivity contribution in [2.24, 2.45) is 0 Å². The van der Waals surface area contributed by atoms with Crippen LogP contribution in [0.1, 0.15) is 16.8 Å². The molecule has 0 aliphatic rings. The molecule has 5 nitrogen and oxygen atoms in total. The number of rotatable bonds is 5. The van der Waals surface area contributed by atoms with Crippen LogP contribution in [-0.2, 0) is 23.2 Å². The maximum Gasteiger partial charge on any atom is 0.241 e. The molecule has 0 bridgehead atoms. The Bertz CT molecular complexity index is 730. The number of halogens is 1. The molecule has 0 aliphatic carbocycles. The lowest BCUT2D eigenvalue weighted by molar-refractivity contribution is 0.281. The van der Waals surface area contributed by atoms with Gasteiger partial charge in [-0.3, -0.25) is 4.98 Å². The van der Waals surface area contributed by atoms with Gasteiger partial charge in [0.1, 0.15) is 0 Å². The maximum atomic E-state index is 12.3. The fourth-order valence-electron chi connectivity index (χ4n) is 1.72. The summed E-state index contributed by atoms with van der Waals surface area (Å²) in [6.07, 6.45) is 1.64. The Labute approximate surface area is 132 Å². The molecule has 0 atom stereocenters. The number of sulfonamides is 1. The van der Waals surface area contributed by atoms with Crippen LogP contribution in [0.3, 0.4) is 0 Å². The third-order valence-corrected chi connectivity index (χ3v) is 5.29. The number of nitrogens with one attached hydrogen (secondary N) is 1. The van der Waals surface area contributed by atoms with E-state index in [1.807, 2.05) is 19.1 Å². The number of hydrogen-bond donors (Lipinski definition) is 2. The van der Waals surface area contributed by atoms with E-state index in [0.29, 0.717) is 10.0 Å². The van der Waals surface area contributed by atoms with E-state index < -0.39 is 10.0 Å². The predicted octanol–water partition coefficient (Wildman–Crippen LogP) is 2.12. The fourth-order valence-corrected chi connectivity index (χ4v) is 3.86. The van der Waals surface area contributed by atoms with Gasteiger partial charge in [-0.1, -0.05) is 12.1 Å². The second-order valence-electron chi connectivity index (χ2n) is 4.56. The van der Waals surface area contributed by atoms with Crippen LogP contribution in [0.4, 0.5) is 0 Å². The minimum absolute atomic E-state index is 0.138. The van der Waals surface area contributed by atoms with E-state index in [1.54, 1.807) is 18.3 Å². The molecule has 0 unspecified atom stereocenters. The van der Waals surface area contributed by atoms with Crippen LogP contribution in [0.25, 0.3) is 0 Å². The number of hydrogen-bond acceptors (Lipinski definition) is 4. The maximum absolute atomic E-state index is 12.3. The molecular formula is C14H15BrN2O3S. The molecule has 0 radical (unpaired) electrons. The van der Waals surface area contributed by atoms with Crippen molar-refractivity contribution in [3.8, 4) is 0 Å². The molecule has 2 aromatic rings. The van der Waals surface area contributed by atoms with Crippen LogP contribution >= 0.6 is 15.9 Å². The molecule has 112 valence electrons. The first-order valence-corrected chi connectivity index (χ1v) is 8.50. The molecule has 21 heavy (non-hydrogen) atoms. The molecule has 0 spiro atoms. The summed E-state index contributed by atoms with van der Waals surface area (Å²) in [5.74, 6) is 0. The zero-order valence-electron chi connectivity index (χ0n) is 11.4. The van der Waals surface area contributed by atoms with E-state index in [2.05, 4.69) is 25.6 Å². The van der Waals surface area contributed by atoms with Gasteiger partial charge in [0.2, 0.25) is 10.0 Å². The van der Waals surface area contributed by atoms with Crippen molar-refractivity contribution in [3.05, 3.63) is 57.8 Å². The number of pyridine rings is 1. The smallest absolute Gasteiger partial charge is 0.241 e. The molecule has 7 heteroatoms. The quantitative estimate of drug-likeness (QED) is 0.844. The van der Waals surface area contributed by atoms with Gasteiger partial charge in [-0.15, -0.1) is 0 Å². The molecule has 0 fully saturated rings. The van der Waals surface area contributed by atoms with Crippen molar-refractivity contribution in [1.82, 2.24) is 9.71 Å². The lowest BCUT2D eigenvalue weighted by Crippen LogP contribution is -2.23. The minimum Gasteiger partial charge on any atom is -0.392 e. The van der Waals surface area contributed by atoms with Gasteiger partial charge in [-0.05, 0) is 52.2 Å². The third kappa shape index (κ3) is 4.10. The summed E-state index contributed by atoms with van der Waals surface area (Å²) in [5.41, 5.74) is 2.31. The van der Waals surface area contributed by atoms with E-state index in [9.17, 15) is 8.42 Å². The van der Waals surface area contributed by atoms with Crippen LogP contribution in [0, 0.1) is 6.92 Å². The van der Waals surface area contributed by atoms with Gasteiger partial charge in [-0.25, -0.2) is 13.1 Å². The Morgan fingerprint density at radius 1 is 1.24 bits per heavy atom. The van der Waals surface area contributed by atoms with E-state index >= 15 is 0 Å². The van der Waals surface area contributed by atoms with Crippen molar-refractivity contribution >= 4 is 26.0 Å². The van der Waals surface area contributed by atoms with Crippen LogP contribution in [0.2, 0.25) is 0 Å². The predicted molar refractivity (Wildman–Crippen MR) is 83.1 cm³/mol. The normalized spacial score (nSPS) is 11.6. The number of nitrogens with zero attached hydrogens (tertiary/aromatic N) is 1. The lowest BCUT2D eigenvalue weighted by Gasteiger charge is -2.09. The first-order chi connectivity index (χ1) is 9.92. The van der Waals surface area contributed by atoms with Crippen LogP contribution in [0.5, 0.6) is 0 Å². The second kappa shape index (κ2) is 6.65. The van der Waals surface area contributed by atoms with E-state index in [0.717, 1.165) is 11.3 Å². The summed E-state index contributed by atoms with van der Waals surface area (Å²) in [6.45, 7) is 1.90. The zero-order chi connectivity index (χ0) is 15.5. The average molecular weight is 371 g/mol. The summed E-state index contributed by atoms with van der Waals surface area (Å²) in [6, 6.07) is 8.28. The minimum atomic E-state index is -3.63. The Balaban J connectivity index is 2.16. The van der Waals surface area contributed by atoms with Crippen LogP contribution < -0.4 is 4.72 Å². The summed E-state index contributed by atoms with van der Waals surface area (Å²) in [5, 5.41) is 9.04. The number of aliphatic hydroxyl groups excluding tert-OH is 1. The van der Waals surface area contributed by atoms with Crippen molar-refractivity contribution in [1.29, 1.82) is 0 Å². The first-order valence-electron chi connectivity index (χ1n) is 6.23. The summed E-state index contributed by atoms with van der Waals surface area (Å²) >= 11 is 3.22. The average Bonchev–Trinajstić information content (AvgIpc) is 2.46. The first kappa shape index (κ1) is 16.1. The Hall–Kier alpha value is -1.28. The van der Waals surface area contributed by atoms with Crippen molar-refractivity contribution in [2.45, 2.75) is 25.0 Å². The molecule has 0 amide bonds. The number of aromatic nitrogens is 1. The van der Waals surface area contributed by atoms with E-state index in [1.165, 1.54) is 6.07 Å². The molecule has 0 saturated heterocycles. The van der Waals surface area contributed by atoms with Crippen molar-refractivity contribution in [3.63, 3.8) is 0 Å². The number of benzene rings is 1. The van der Waals surface area contributed by atoms with Gasteiger partial charge in [0, 0.05) is 22.9 Å². The van der Waals surface area contributed by atoms with E-state index in [-0.39, 0.29) is 18.0 Å². The van der Waals surface area contributed by atoms with Gasteiger partial charge >= 0.3 is 0 Å². The zero-order valence-corrected chi connectivity index (χ0v) is 13.8. The SMILES string of the molecule is Cc1ccc(CNS(=O)(=O)c2ccc(CO)cc2Br)cn1. The molecule has 0 saturated carbocycles. The number of aryl methyl sites for hydroxylation is 1. The van der Waals surface area contributed by atoms with Gasteiger partial charge < -0.3 is 5.11 Å². The largest absolute Gasteiger partial charge is 0.392 e. The third-order valence-electron chi connectivity index (χ3n) is 2.91. The molecule has 0 aliphatic heterocycles. The summed E-state index contributed by atoms with van der Waals surface area (Å²) < 4.78 is 27.5. The Kier molecular flexibility index (Phi) is 5.10. The molecular weight excluding hydrogens is 356 g/mol. The molecule has 1 aromatic carbocycles. The highest BCUT2D eigenvalue weighted by Crippen LogP contribution is 2.23. The molecule has 2 N–H and O–H groups in total. The lowest BCUT2D eigenvalue weighted by atomic mass is 10.2. The highest BCUT2D eigenvalue weighted by atomic mass is 79.9. The highest BCUT2D eigenvalue weighted by molar-refractivity contribution is 9.10. The topological polar surface area (TPSA) is 79.3 Å². The highest BCUT2D eigenvalue weighted by Gasteiger charge is 2.17. The monoisotopic (exact) mass is 370 g/mol. The molecule has 1 heterocycles. The second-order valence-corrected chi connectivity index (χ2v) is 7.14. The Morgan fingerprint density at radius 2 is 1.95 bits per heavy atom. The van der Waals surface area contributed by atoms with Crippen molar-refractivity contribution < 1.29 is 13.5 Å².